The van der Waals surface area contributed by atoms with Gasteiger partial charge in [-0.25, -0.2) is 23.3 Å². The third kappa shape index (κ3) is 11.3. The highest BCUT2D eigenvalue weighted by Crippen LogP contribution is 2.31. The molecule has 0 saturated heterocycles. The van der Waals surface area contributed by atoms with Gasteiger partial charge in [-0.2, -0.15) is 10.2 Å². The molecule has 0 fully saturated rings. The molecule has 60 heavy (non-hydrogen) atoms. The van der Waals surface area contributed by atoms with E-state index in [2.05, 4.69) is 57.2 Å². The lowest BCUT2D eigenvalue weighted by Gasteiger charge is -2.14. The average Bonchev–Trinajstić information content (AvgIpc) is 3.84. The van der Waals surface area contributed by atoms with Crippen molar-refractivity contribution in [3.05, 3.63) is 161 Å². The summed E-state index contributed by atoms with van der Waals surface area (Å²) in [5.41, 5.74) is 3.78. The maximum atomic E-state index is 13.4. The van der Waals surface area contributed by atoms with Gasteiger partial charge in [0.05, 0.1) is 38.5 Å². The van der Waals surface area contributed by atoms with Crippen molar-refractivity contribution in [2.45, 2.75) is 52.4 Å². The first-order valence-corrected chi connectivity index (χ1v) is 19.6. The average molecular weight is 849 g/mol. The third-order valence-electron chi connectivity index (χ3n) is 8.71. The quantitative estimate of drug-likeness (QED) is 0.120. The predicted octanol–water partition coefficient (Wildman–Crippen LogP) is 12.3. The van der Waals surface area contributed by atoms with Gasteiger partial charge in [0.2, 0.25) is 0 Å². The lowest BCUT2D eigenvalue weighted by atomic mass is 9.92. The highest BCUT2D eigenvalue weighted by molar-refractivity contribution is 6.44. The predicted molar refractivity (Wildman–Crippen MR) is 237 cm³/mol. The fraction of sp³-hybridized carbons (Fsp3) is 0.178. The highest BCUT2D eigenvalue weighted by atomic mass is 35.5. The molecule has 0 unspecified atom stereocenters. The summed E-state index contributed by atoms with van der Waals surface area (Å²) >= 11 is 12.1. The molecule has 7 rings (SSSR count). The van der Waals surface area contributed by atoms with Gasteiger partial charge in [-0.3, -0.25) is 15.6 Å². The Kier molecular flexibility index (Phi) is 13.2. The van der Waals surface area contributed by atoms with E-state index in [1.54, 1.807) is 88.5 Å². The number of anilines is 4. The van der Waals surface area contributed by atoms with Gasteiger partial charge in [-0.15, -0.1) is 0 Å². The molecular formula is C45H44Cl2FN9O3. The standard InChI is InChI=1S/C25H24FN5O2.C20H20Cl2N4O/c1-25(2,3)22-16-23(31(30-22)19-8-4-17(26)5-9-19)29-24(32)28-18-6-10-20(11-7-18)33-21-12-14-27-15-13-21;1-20(2,3)16-12-17(26(25-16)13-8-5-4-6-9-13)24-19(27)23-15-11-7-10-14(21)18(15)22/h4-16H,1-3H3,(H2,28,29,32);4-12H,1-3H3,(H2,23,24,27). The van der Waals surface area contributed by atoms with Gasteiger partial charge in [0, 0.05) is 41.0 Å². The zero-order chi connectivity index (χ0) is 43.0. The van der Waals surface area contributed by atoms with Crippen LogP contribution in [0.4, 0.5) is 37.0 Å². The number of para-hydroxylation sites is 1. The first kappa shape index (κ1) is 42.9. The van der Waals surface area contributed by atoms with Crippen molar-refractivity contribution in [2.24, 2.45) is 0 Å². The first-order valence-electron chi connectivity index (χ1n) is 18.8. The lowest BCUT2D eigenvalue weighted by molar-refractivity contribution is 0.261. The number of nitrogens with zero attached hydrogens (tertiary/aromatic N) is 5. The molecule has 4 aromatic carbocycles. The first-order chi connectivity index (χ1) is 28.5. The number of hydrogen-bond donors (Lipinski definition) is 4. The monoisotopic (exact) mass is 847 g/mol. The summed E-state index contributed by atoms with van der Waals surface area (Å²) in [6, 6.07) is 34.0. The Labute approximate surface area is 357 Å². The summed E-state index contributed by atoms with van der Waals surface area (Å²) in [5.74, 6) is 2.00. The molecule has 0 aliphatic carbocycles. The molecule has 4 N–H and O–H groups in total. The molecule has 4 amide bonds. The Morgan fingerprint density at radius 3 is 1.67 bits per heavy atom. The fourth-order valence-electron chi connectivity index (χ4n) is 5.52. The smallest absolute Gasteiger partial charge is 0.324 e. The van der Waals surface area contributed by atoms with Crippen molar-refractivity contribution < 1.29 is 18.7 Å². The number of hydrogen-bond acceptors (Lipinski definition) is 6. The second-order valence-corrected chi connectivity index (χ2v) is 16.3. The minimum atomic E-state index is -0.434. The zero-order valence-electron chi connectivity index (χ0n) is 33.8. The van der Waals surface area contributed by atoms with E-state index >= 15 is 0 Å². The highest BCUT2D eigenvalue weighted by Gasteiger charge is 2.23. The number of urea groups is 2. The molecule has 15 heteroatoms. The molecule has 7 aromatic rings. The van der Waals surface area contributed by atoms with E-state index in [4.69, 9.17) is 27.9 Å². The topological polar surface area (TPSA) is 140 Å². The van der Waals surface area contributed by atoms with Crippen LogP contribution in [0.2, 0.25) is 10.0 Å². The van der Waals surface area contributed by atoms with Gasteiger partial charge in [-0.1, -0.05) is 89.0 Å². The summed E-state index contributed by atoms with van der Waals surface area (Å²) in [6.45, 7) is 12.3. The maximum absolute atomic E-state index is 13.4. The molecule has 0 radical (unpaired) electrons. The normalized spacial score (nSPS) is 11.2. The Balaban J connectivity index is 0.000000205. The number of carbonyl (C=O) groups is 2. The van der Waals surface area contributed by atoms with E-state index in [9.17, 15) is 14.0 Å². The molecule has 0 atom stereocenters. The van der Waals surface area contributed by atoms with Gasteiger partial charge >= 0.3 is 12.1 Å². The largest absolute Gasteiger partial charge is 0.457 e. The van der Waals surface area contributed by atoms with Crippen LogP contribution in [0.3, 0.4) is 0 Å². The Morgan fingerprint density at radius 1 is 0.600 bits per heavy atom. The number of pyridine rings is 1. The van der Waals surface area contributed by atoms with Crippen LogP contribution in [0, 0.1) is 5.82 Å². The van der Waals surface area contributed by atoms with Crippen LogP contribution in [0.5, 0.6) is 11.5 Å². The van der Waals surface area contributed by atoms with Crippen LogP contribution in [0.1, 0.15) is 52.9 Å². The fourth-order valence-corrected chi connectivity index (χ4v) is 5.86. The van der Waals surface area contributed by atoms with Gasteiger partial charge in [0.1, 0.15) is 29.0 Å². The molecule has 0 saturated carbocycles. The summed E-state index contributed by atoms with van der Waals surface area (Å²) in [7, 11) is 0. The number of aromatic nitrogens is 5. The summed E-state index contributed by atoms with van der Waals surface area (Å²) in [4.78, 5) is 29.2. The van der Waals surface area contributed by atoms with E-state index in [1.807, 2.05) is 63.2 Å². The van der Waals surface area contributed by atoms with Crippen molar-refractivity contribution in [3.8, 4) is 22.9 Å². The van der Waals surface area contributed by atoms with E-state index < -0.39 is 12.1 Å². The van der Waals surface area contributed by atoms with Gasteiger partial charge in [-0.05, 0) is 84.9 Å². The molecule has 308 valence electrons. The number of halogens is 3. The molecule has 3 heterocycles. The summed E-state index contributed by atoms with van der Waals surface area (Å²) in [6.07, 6.45) is 3.30. The van der Waals surface area contributed by atoms with Crippen LogP contribution < -0.4 is 26.0 Å². The number of benzene rings is 4. The van der Waals surface area contributed by atoms with Crippen LogP contribution >= 0.6 is 23.2 Å². The van der Waals surface area contributed by atoms with Crippen LogP contribution in [0.25, 0.3) is 11.4 Å². The number of amides is 4. The van der Waals surface area contributed by atoms with Gasteiger partial charge in [0.15, 0.2) is 0 Å². The number of ether oxygens (including phenoxy) is 1. The molecule has 0 spiro atoms. The number of nitrogens with one attached hydrogen (secondary N) is 4. The minimum absolute atomic E-state index is 0.163. The van der Waals surface area contributed by atoms with Crippen molar-refractivity contribution >= 4 is 58.3 Å². The van der Waals surface area contributed by atoms with E-state index in [1.165, 1.54) is 12.1 Å². The van der Waals surface area contributed by atoms with Crippen molar-refractivity contribution in [1.29, 1.82) is 0 Å². The van der Waals surface area contributed by atoms with Crippen molar-refractivity contribution in [3.63, 3.8) is 0 Å². The van der Waals surface area contributed by atoms with E-state index in [0.717, 1.165) is 17.1 Å². The van der Waals surface area contributed by atoms with Gasteiger partial charge < -0.3 is 15.4 Å². The maximum Gasteiger partial charge on any atom is 0.324 e. The zero-order valence-corrected chi connectivity index (χ0v) is 35.3. The Hall–Kier alpha value is -6.70. The van der Waals surface area contributed by atoms with Crippen molar-refractivity contribution in [1.82, 2.24) is 24.5 Å². The van der Waals surface area contributed by atoms with Crippen LogP contribution in [0.15, 0.2) is 134 Å². The molecular weight excluding hydrogens is 804 g/mol. The second kappa shape index (κ2) is 18.5. The molecule has 0 aliphatic rings. The van der Waals surface area contributed by atoms with Gasteiger partial charge in [0.25, 0.3) is 0 Å². The SMILES string of the molecule is CC(C)(C)c1cc(NC(=O)Nc2ccc(Oc3ccncc3)cc2)n(-c2ccc(F)cc2)n1.CC(C)(C)c1cc(NC(=O)Nc2cccc(Cl)c2Cl)n(-c2ccccc2)n1. The lowest BCUT2D eigenvalue weighted by Crippen LogP contribution is -2.21. The molecule has 3 aromatic heterocycles. The molecule has 0 aliphatic heterocycles. The molecule has 12 nitrogen and oxygen atoms in total. The van der Waals surface area contributed by atoms with Crippen LogP contribution in [-0.2, 0) is 10.8 Å². The second-order valence-electron chi connectivity index (χ2n) is 15.5. The van der Waals surface area contributed by atoms with Crippen molar-refractivity contribution in [2.75, 3.05) is 21.3 Å². The van der Waals surface area contributed by atoms with E-state index in [0.29, 0.717) is 50.2 Å². The number of rotatable bonds is 8. The van der Waals surface area contributed by atoms with Crippen LogP contribution in [-0.4, -0.2) is 36.6 Å². The minimum Gasteiger partial charge on any atom is -0.457 e. The van der Waals surface area contributed by atoms with E-state index in [-0.39, 0.29) is 16.6 Å². The Morgan fingerprint density at radius 2 is 1.12 bits per heavy atom. The Bertz CT molecular complexity index is 2550. The number of carbonyl (C=O) groups excluding carboxylic acids is 2. The molecule has 0 bridgehead atoms. The summed E-state index contributed by atoms with van der Waals surface area (Å²) < 4.78 is 22.4. The summed E-state index contributed by atoms with van der Waals surface area (Å²) in [5, 5.41) is 21.2. The third-order valence-corrected chi connectivity index (χ3v) is 9.53.